The molecule has 0 heterocycles. The number of rotatable bonds is 5. The summed E-state index contributed by atoms with van der Waals surface area (Å²) in [4.78, 5) is 0. The number of benzene rings is 4. The van der Waals surface area contributed by atoms with Gasteiger partial charge in [0, 0.05) is 0 Å². The van der Waals surface area contributed by atoms with Crippen molar-refractivity contribution in [1.82, 2.24) is 0 Å². The number of hydrogen-bond donors (Lipinski definition) is 2. The second-order valence-electron chi connectivity index (χ2n) is 8.84. The van der Waals surface area contributed by atoms with Gasteiger partial charge in [-0.1, -0.05) is 121 Å². The van der Waals surface area contributed by atoms with Gasteiger partial charge < -0.3 is 10.2 Å². The van der Waals surface area contributed by atoms with Crippen LogP contribution < -0.4 is 0 Å². The van der Waals surface area contributed by atoms with Gasteiger partial charge in [0.05, 0.1) is 0 Å². The minimum atomic E-state index is -1.53. The van der Waals surface area contributed by atoms with Gasteiger partial charge in [0.1, 0.15) is 11.2 Å². The van der Waals surface area contributed by atoms with Crippen molar-refractivity contribution in [3.63, 3.8) is 0 Å². The molecular weight excluding hydrogens is 404 g/mol. The van der Waals surface area contributed by atoms with E-state index in [1.54, 1.807) is 0 Å². The van der Waals surface area contributed by atoms with E-state index in [2.05, 4.69) is 30.3 Å². The van der Waals surface area contributed by atoms with Gasteiger partial charge in [0.25, 0.3) is 0 Å². The van der Waals surface area contributed by atoms with Crippen LogP contribution in [0, 0.1) is 0 Å². The van der Waals surface area contributed by atoms with Crippen molar-refractivity contribution < 1.29 is 10.2 Å². The fraction of sp³-hybridized carbons (Fsp3) is 0.161. The molecule has 2 nitrogen and oxygen atoms in total. The Labute approximate surface area is 195 Å². The van der Waals surface area contributed by atoms with Crippen LogP contribution in [0.2, 0.25) is 0 Å². The van der Waals surface area contributed by atoms with E-state index in [1.165, 1.54) is 0 Å². The predicted octanol–water partition coefficient (Wildman–Crippen LogP) is 6.73. The van der Waals surface area contributed by atoms with E-state index < -0.39 is 11.2 Å². The van der Waals surface area contributed by atoms with Gasteiger partial charge in [0.2, 0.25) is 0 Å². The molecule has 0 spiro atoms. The van der Waals surface area contributed by atoms with Gasteiger partial charge in [-0.05, 0) is 52.6 Å². The van der Waals surface area contributed by atoms with Crippen molar-refractivity contribution in [2.24, 2.45) is 0 Å². The van der Waals surface area contributed by atoms with E-state index in [1.807, 2.05) is 91.0 Å². The fourth-order valence-corrected chi connectivity index (χ4v) is 4.92. The molecule has 4 aromatic carbocycles. The van der Waals surface area contributed by atoms with E-state index >= 15 is 0 Å². The summed E-state index contributed by atoms with van der Waals surface area (Å²) in [5, 5.41) is 24.0. The van der Waals surface area contributed by atoms with Gasteiger partial charge in [-0.15, -0.1) is 0 Å². The largest absolute Gasteiger partial charge is 0.386 e. The number of aliphatic hydroxyl groups is 2. The molecule has 1 aliphatic rings. The lowest BCUT2D eigenvalue weighted by Gasteiger charge is -2.45. The van der Waals surface area contributed by atoms with E-state index in [0.29, 0.717) is 24.0 Å². The SMILES string of the molecule is OC(c1ccc(-c2ccccc2)cc1)(c1ccc(-c2ccccc2)cc1)[C@@]1(O)CC=CCC1. The lowest BCUT2D eigenvalue weighted by Crippen LogP contribution is -2.53. The van der Waals surface area contributed by atoms with E-state index in [0.717, 1.165) is 28.7 Å². The first-order chi connectivity index (χ1) is 16.1. The maximum Gasteiger partial charge on any atom is 0.143 e. The molecule has 0 saturated heterocycles. The molecule has 0 bridgehead atoms. The molecule has 164 valence electrons. The molecule has 0 fully saturated rings. The first-order valence-corrected chi connectivity index (χ1v) is 11.5. The zero-order valence-electron chi connectivity index (χ0n) is 18.6. The van der Waals surface area contributed by atoms with E-state index in [4.69, 9.17) is 0 Å². The first-order valence-electron chi connectivity index (χ1n) is 11.5. The summed E-state index contributed by atoms with van der Waals surface area (Å²) in [7, 11) is 0. The summed E-state index contributed by atoms with van der Waals surface area (Å²) in [5.74, 6) is 0. The van der Waals surface area contributed by atoms with Crippen LogP contribution in [0.15, 0.2) is 121 Å². The monoisotopic (exact) mass is 432 g/mol. The van der Waals surface area contributed by atoms with Crippen LogP contribution in [0.4, 0.5) is 0 Å². The van der Waals surface area contributed by atoms with Gasteiger partial charge in [0.15, 0.2) is 0 Å². The molecule has 2 heteroatoms. The first kappa shape index (κ1) is 21.4. The molecule has 0 radical (unpaired) electrons. The minimum absolute atomic E-state index is 0.407. The third-order valence-electron chi connectivity index (χ3n) is 6.84. The third kappa shape index (κ3) is 3.93. The molecule has 0 amide bonds. The van der Waals surface area contributed by atoms with Crippen LogP contribution in [0.25, 0.3) is 22.3 Å². The van der Waals surface area contributed by atoms with E-state index in [9.17, 15) is 10.2 Å². The number of allylic oxidation sites excluding steroid dienone is 1. The van der Waals surface area contributed by atoms with Crippen molar-refractivity contribution in [1.29, 1.82) is 0 Å². The van der Waals surface area contributed by atoms with Crippen LogP contribution in [0.3, 0.4) is 0 Å². The maximum absolute atomic E-state index is 12.3. The molecule has 2 N–H and O–H groups in total. The van der Waals surface area contributed by atoms with Gasteiger partial charge >= 0.3 is 0 Å². The predicted molar refractivity (Wildman–Crippen MR) is 135 cm³/mol. The average Bonchev–Trinajstić information content (AvgIpc) is 2.90. The van der Waals surface area contributed by atoms with Crippen molar-refractivity contribution in [3.8, 4) is 22.3 Å². The van der Waals surface area contributed by atoms with Crippen molar-refractivity contribution in [2.75, 3.05) is 0 Å². The van der Waals surface area contributed by atoms with Gasteiger partial charge in [-0.25, -0.2) is 0 Å². The molecule has 4 aromatic rings. The van der Waals surface area contributed by atoms with Crippen molar-refractivity contribution in [2.45, 2.75) is 30.5 Å². The summed E-state index contributed by atoms with van der Waals surface area (Å²) >= 11 is 0. The molecule has 33 heavy (non-hydrogen) atoms. The van der Waals surface area contributed by atoms with Gasteiger partial charge in [-0.3, -0.25) is 0 Å². The normalized spacial score (nSPS) is 18.2. The Hall–Kier alpha value is -3.46. The zero-order chi connectivity index (χ0) is 22.7. The molecule has 0 aromatic heterocycles. The molecular formula is C31H28O2. The smallest absolute Gasteiger partial charge is 0.143 e. The summed E-state index contributed by atoms with van der Waals surface area (Å²) < 4.78 is 0. The van der Waals surface area contributed by atoms with Crippen LogP contribution >= 0.6 is 0 Å². The maximum atomic E-state index is 12.3. The van der Waals surface area contributed by atoms with Crippen LogP contribution in [-0.4, -0.2) is 15.8 Å². The summed E-state index contributed by atoms with van der Waals surface area (Å²) in [6.45, 7) is 0. The third-order valence-corrected chi connectivity index (χ3v) is 6.84. The summed E-state index contributed by atoms with van der Waals surface area (Å²) in [6.07, 6.45) is 5.70. The Kier molecular flexibility index (Phi) is 5.72. The molecule has 0 aliphatic heterocycles. The lowest BCUT2D eigenvalue weighted by molar-refractivity contribution is -0.137. The summed E-state index contributed by atoms with van der Waals surface area (Å²) in [6, 6.07) is 36.3. The Morgan fingerprint density at radius 2 is 0.970 bits per heavy atom. The van der Waals surface area contributed by atoms with Crippen molar-refractivity contribution >= 4 is 0 Å². The quantitative estimate of drug-likeness (QED) is 0.343. The standard InChI is InChI=1S/C31H28O2/c32-30(22-8-3-9-23-30)31(33,28-18-14-26(15-19-28)24-10-4-1-5-11-24)29-20-16-27(17-21-29)25-12-6-2-7-13-25/h1-8,10-21,32-33H,9,22-23H2/t30-/m1/s1. The Bertz CT molecular complexity index is 1140. The fourth-order valence-electron chi connectivity index (χ4n) is 4.92. The highest BCUT2D eigenvalue weighted by molar-refractivity contribution is 5.65. The molecule has 1 atom stereocenters. The summed E-state index contributed by atoms with van der Waals surface area (Å²) in [5.41, 5.74) is 3.00. The highest BCUT2D eigenvalue weighted by Crippen LogP contribution is 2.46. The lowest BCUT2D eigenvalue weighted by atomic mass is 9.67. The van der Waals surface area contributed by atoms with Gasteiger partial charge in [-0.2, -0.15) is 0 Å². The molecule has 1 aliphatic carbocycles. The average molecular weight is 433 g/mol. The van der Waals surface area contributed by atoms with Crippen LogP contribution in [0.5, 0.6) is 0 Å². The Morgan fingerprint density at radius 3 is 1.36 bits per heavy atom. The molecule has 5 rings (SSSR count). The van der Waals surface area contributed by atoms with E-state index in [-0.39, 0.29) is 0 Å². The van der Waals surface area contributed by atoms with Crippen molar-refractivity contribution in [3.05, 3.63) is 132 Å². The molecule has 0 saturated carbocycles. The molecule has 0 unspecified atom stereocenters. The second kappa shape index (κ2) is 8.82. The van der Waals surface area contributed by atoms with Crippen LogP contribution in [-0.2, 0) is 5.60 Å². The minimum Gasteiger partial charge on any atom is -0.386 e. The van der Waals surface area contributed by atoms with Crippen LogP contribution in [0.1, 0.15) is 30.4 Å². The topological polar surface area (TPSA) is 40.5 Å². The zero-order valence-corrected chi connectivity index (χ0v) is 18.6. The highest BCUT2D eigenvalue weighted by Gasteiger charge is 2.51. The Morgan fingerprint density at radius 1 is 0.545 bits per heavy atom. The number of hydrogen-bond acceptors (Lipinski definition) is 2. The second-order valence-corrected chi connectivity index (χ2v) is 8.84. The Balaban J connectivity index is 1.58. The highest BCUT2D eigenvalue weighted by atomic mass is 16.4.